The van der Waals surface area contributed by atoms with Crippen LogP contribution >= 0.6 is 0 Å². The van der Waals surface area contributed by atoms with Gasteiger partial charge in [-0.2, -0.15) is 0 Å². The van der Waals surface area contributed by atoms with Crippen LogP contribution in [0.4, 0.5) is 4.39 Å². The smallest absolute Gasteiger partial charge is 0.244 e. The Labute approximate surface area is 116 Å². The van der Waals surface area contributed by atoms with E-state index in [0.717, 1.165) is 5.52 Å². The van der Waals surface area contributed by atoms with Gasteiger partial charge in [0.15, 0.2) is 22.6 Å². The van der Waals surface area contributed by atoms with Crippen molar-refractivity contribution >= 4 is 11.0 Å². The van der Waals surface area contributed by atoms with Gasteiger partial charge in [0.1, 0.15) is 13.2 Å². The summed E-state index contributed by atoms with van der Waals surface area (Å²) in [5, 5.41) is 0. The second kappa shape index (κ2) is 5.33. The predicted octanol–water partition coefficient (Wildman–Crippen LogP) is 2.68. The van der Waals surface area contributed by atoms with Gasteiger partial charge in [0, 0.05) is 0 Å². The Morgan fingerprint density at radius 1 is 1.10 bits per heavy atom. The molecule has 0 saturated carbocycles. The lowest BCUT2D eigenvalue weighted by atomic mass is 10.3. The fraction of sp³-hybridized carbons (Fsp3) is 0.188. The standard InChI is InChI=1S/C16H16FN2O/c1-18-12-19(15-8-4-3-7-14(15)18)10-11-20-16-9-5-2-6-13(16)17/h2-9,12H,10-11H2,1H3/q+1. The van der Waals surface area contributed by atoms with Crippen LogP contribution in [-0.2, 0) is 13.6 Å². The maximum atomic E-state index is 13.4. The first-order valence-electron chi connectivity index (χ1n) is 6.56. The zero-order chi connectivity index (χ0) is 13.9. The molecule has 0 aliphatic carbocycles. The maximum absolute atomic E-state index is 13.4. The molecule has 3 nitrogen and oxygen atoms in total. The molecule has 1 aromatic heterocycles. The highest BCUT2D eigenvalue weighted by molar-refractivity contribution is 5.71. The van der Waals surface area contributed by atoms with Crippen LogP contribution in [0.5, 0.6) is 5.75 Å². The molecule has 1 heterocycles. The molecule has 2 aromatic carbocycles. The van der Waals surface area contributed by atoms with E-state index in [1.165, 1.54) is 11.6 Å². The van der Waals surface area contributed by atoms with Crippen LogP contribution in [-0.4, -0.2) is 11.2 Å². The molecule has 0 fully saturated rings. The molecule has 0 spiro atoms. The Balaban J connectivity index is 1.73. The molecule has 20 heavy (non-hydrogen) atoms. The molecule has 0 aliphatic heterocycles. The zero-order valence-corrected chi connectivity index (χ0v) is 11.3. The van der Waals surface area contributed by atoms with Crippen LogP contribution in [0.15, 0.2) is 54.9 Å². The molecule has 0 amide bonds. The van der Waals surface area contributed by atoms with Gasteiger partial charge in [0.25, 0.3) is 0 Å². The normalized spacial score (nSPS) is 10.9. The van der Waals surface area contributed by atoms with Crippen LogP contribution in [0.3, 0.4) is 0 Å². The molecule has 102 valence electrons. The van der Waals surface area contributed by atoms with Gasteiger partial charge in [-0.25, -0.2) is 13.5 Å². The van der Waals surface area contributed by atoms with Crippen molar-refractivity contribution in [2.24, 2.45) is 7.05 Å². The number of ether oxygens (including phenoxy) is 1. The number of rotatable bonds is 4. The monoisotopic (exact) mass is 271 g/mol. The average molecular weight is 271 g/mol. The van der Waals surface area contributed by atoms with Gasteiger partial charge >= 0.3 is 0 Å². The molecule has 0 N–H and O–H groups in total. The molecule has 0 radical (unpaired) electrons. The van der Waals surface area contributed by atoms with Crippen molar-refractivity contribution in [3.05, 3.63) is 60.7 Å². The summed E-state index contributed by atoms with van der Waals surface area (Å²) in [6, 6.07) is 14.6. The molecule has 3 rings (SSSR count). The van der Waals surface area contributed by atoms with Crippen molar-refractivity contribution in [1.82, 2.24) is 4.57 Å². The van der Waals surface area contributed by atoms with Crippen LogP contribution in [0, 0.1) is 5.82 Å². The largest absolute Gasteiger partial charge is 0.486 e. The van der Waals surface area contributed by atoms with E-state index >= 15 is 0 Å². The Hall–Kier alpha value is -2.36. The molecule has 4 heteroatoms. The minimum absolute atomic E-state index is 0.299. The summed E-state index contributed by atoms with van der Waals surface area (Å²) in [5.74, 6) is -0.0243. The van der Waals surface area contributed by atoms with Crippen molar-refractivity contribution in [3.8, 4) is 5.75 Å². The number of fused-ring (bicyclic) bond motifs is 1. The zero-order valence-electron chi connectivity index (χ0n) is 11.3. The molecule has 0 bridgehead atoms. The van der Waals surface area contributed by atoms with Crippen LogP contribution < -0.4 is 9.30 Å². The van der Waals surface area contributed by atoms with Gasteiger partial charge in [-0.3, -0.25) is 0 Å². The lowest BCUT2D eigenvalue weighted by Crippen LogP contribution is -2.25. The van der Waals surface area contributed by atoms with Crippen molar-refractivity contribution in [3.63, 3.8) is 0 Å². The second-order valence-corrected chi connectivity index (χ2v) is 4.69. The Bertz CT molecular complexity index is 736. The summed E-state index contributed by atoms with van der Waals surface area (Å²) in [4.78, 5) is 0. The number of nitrogens with zero attached hydrogens (tertiary/aromatic N) is 2. The van der Waals surface area contributed by atoms with E-state index in [9.17, 15) is 4.39 Å². The summed E-state index contributed by atoms with van der Waals surface area (Å²) < 4.78 is 23.1. The van der Waals surface area contributed by atoms with Crippen LogP contribution in [0.25, 0.3) is 11.0 Å². The SMILES string of the molecule is C[n+]1cn(CCOc2ccccc2F)c2ccccc21. The van der Waals surface area contributed by atoms with Crippen molar-refractivity contribution in [2.75, 3.05) is 6.61 Å². The summed E-state index contributed by atoms with van der Waals surface area (Å²) in [6.07, 6.45) is 2.02. The van der Waals surface area contributed by atoms with Crippen LogP contribution in [0.1, 0.15) is 0 Å². The third kappa shape index (κ3) is 2.37. The van der Waals surface area contributed by atoms with Gasteiger partial charge in [-0.15, -0.1) is 0 Å². The van der Waals surface area contributed by atoms with Crippen molar-refractivity contribution in [2.45, 2.75) is 6.54 Å². The minimum Gasteiger partial charge on any atom is -0.486 e. The first-order valence-corrected chi connectivity index (χ1v) is 6.56. The average Bonchev–Trinajstić information content (AvgIpc) is 2.78. The fourth-order valence-electron chi connectivity index (χ4n) is 2.33. The second-order valence-electron chi connectivity index (χ2n) is 4.69. The topological polar surface area (TPSA) is 18.0 Å². The molecule has 0 aliphatic rings. The maximum Gasteiger partial charge on any atom is 0.244 e. The van der Waals surface area contributed by atoms with Crippen LogP contribution in [0.2, 0.25) is 0 Å². The summed E-state index contributed by atoms with van der Waals surface area (Å²) >= 11 is 0. The number of para-hydroxylation sites is 3. The van der Waals surface area contributed by atoms with Crippen molar-refractivity contribution in [1.29, 1.82) is 0 Å². The molecule has 0 unspecified atom stereocenters. The van der Waals surface area contributed by atoms with E-state index in [-0.39, 0.29) is 5.82 Å². The Morgan fingerprint density at radius 3 is 2.70 bits per heavy atom. The summed E-state index contributed by atoms with van der Waals surface area (Å²) in [5.41, 5.74) is 2.31. The highest BCUT2D eigenvalue weighted by Crippen LogP contribution is 2.16. The molecule has 3 aromatic rings. The van der Waals surface area contributed by atoms with E-state index < -0.39 is 0 Å². The number of aromatic nitrogens is 2. The number of halogens is 1. The lowest BCUT2D eigenvalue weighted by molar-refractivity contribution is -0.645. The lowest BCUT2D eigenvalue weighted by Gasteiger charge is -2.05. The van der Waals surface area contributed by atoms with E-state index in [0.29, 0.717) is 18.9 Å². The van der Waals surface area contributed by atoms with Gasteiger partial charge < -0.3 is 4.74 Å². The third-order valence-corrected chi connectivity index (χ3v) is 3.31. The number of hydrogen-bond acceptors (Lipinski definition) is 1. The molecular weight excluding hydrogens is 255 g/mol. The number of aryl methyl sites for hydroxylation is 1. The summed E-state index contributed by atoms with van der Waals surface area (Å²) in [6.45, 7) is 1.11. The first-order chi connectivity index (χ1) is 9.75. The predicted molar refractivity (Wildman–Crippen MR) is 75.0 cm³/mol. The van der Waals surface area contributed by atoms with Gasteiger partial charge in [-0.05, 0) is 24.3 Å². The summed E-state index contributed by atoms with van der Waals surface area (Å²) in [7, 11) is 2.01. The third-order valence-electron chi connectivity index (χ3n) is 3.31. The highest BCUT2D eigenvalue weighted by atomic mass is 19.1. The van der Waals surface area contributed by atoms with E-state index in [1.54, 1.807) is 18.2 Å². The van der Waals surface area contributed by atoms with Crippen molar-refractivity contribution < 1.29 is 13.7 Å². The Kier molecular flexibility index (Phi) is 3.37. The minimum atomic E-state index is -0.324. The van der Waals surface area contributed by atoms with Gasteiger partial charge in [0.05, 0.1) is 7.05 Å². The fourth-order valence-corrected chi connectivity index (χ4v) is 2.33. The first kappa shape index (κ1) is 12.7. The van der Waals surface area contributed by atoms with Gasteiger partial charge in [0.2, 0.25) is 6.33 Å². The molecule has 0 saturated heterocycles. The number of benzene rings is 2. The number of imidazole rings is 1. The highest BCUT2D eigenvalue weighted by Gasteiger charge is 2.12. The quantitative estimate of drug-likeness (QED) is 0.667. The molecule has 0 atom stereocenters. The van der Waals surface area contributed by atoms with Gasteiger partial charge in [-0.1, -0.05) is 24.3 Å². The Morgan fingerprint density at radius 2 is 1.85 bits per heavy atom. The van der Waals surface area contributed by atoms with E-state index in [1.807, 2.05) is 25.5 Å². The van der Waals surface area contributed by atoms with E-state index in [4.69, 9.17) is 4.74 Å². The number of hydrogen-bond donors (Lipinski definition) is 0. The molecular formula is C16H16FN2O+. The van der Waals surface area contributed by atoms with E-state index in [2.05, 4.69) is 21.3 Å².